The van der Waals surface area contributed by atoms with Crippen molar-refractivity contribution in [2.45, 2.75) is 0 Å². The molecule has 3 rings (SSSR count). The molecule has 0 N–H and O–H groups in total. The number of allylic oxidation sites excluding steroid dienone is 1. The molecule has 0 aliphatic rings. The molecular formula is C19H11ClFNO. The molecule has 2 aromatic carbocycles. The Morgan fingerprint density at radius 2 is 1.70 bits per heavy atom. The van der Waals surface area contributed by atoms with Gasteiger partial charge >= 0.3 is 0 Å². The average Bonchev–Trinajstić information content (AvgIpc) is 3.03. The van der Waals surface area contributed by atoms with E-state index in [-0.39, 0.29) is 5.82 Å². The number of hydrogen-bond donors (Lipinski definition) is 0. The molecule has 0 radical (unpaired) electrons. The fourth-order valence-corrected chi connectivity index (χ4v) is 2.28. The zero-order chi connectivity index (χ0) is 16.2. The van der Waals surface area contributed by atoms with Gasteiger partial charge < -0.3 is 4.42 Å². The standard InChI is InChI=1S/C19H11ClFNO/c20-16-5-1-13(2-6-16)15(12-22)11-18-9-10-19(23-18)14-3-7-17(21)8-4-14/h1-11H/b15-11-. The van der Waals surface area contributed by atoms with E-state index < -0.39 is 0 Å². The summed E-state index contributed by atoms with van der Waals surface area (Å²) in [7, 11) is 0. The van der Waals surface area contributed by atoms with Crippen LogP contribution in [0, 0.1) is 17.1 Å². The van der Waals surface area contributed by atoms with Crippen molar-refractivity contribution in [2.75, 3.05) is 0 Å². The van der Waals surface area contributed by atoms with Crippen LogP contribution in [0.5, 0.6) is 0 Å². The van der Waals surface area contributed by atoms with Gasteiger partial charge in [0.1, 0.15) is 17.3 Å². The number of hydrogen-bond acceptors (Lipinski definition) is 2. The number of furan rings is 1. The summed E-state index contributed by atoms with van der Waals surface area (Å²) in [5, 5.41) is 9.94. The molecule has 4 heteroatoms. The normalized spacial score (nSPS) is 11.3. The second kappa shape index (κ2) is 6.51. The number of nitriles is 1. The third-order valence-electron chi connectivity index (χ3n) is 3.32. The Balaban J connectivity index is 1.91. The van der Waals surface area contributed by atoms with Gasteiger partial charge in [-0.1, -0.05) is 23.7 Å². The maximum Gasteiger partial charge on any atom is 0.134 e. The maximum absolute atomic E-state index is 13.0. The summed E-state index contributed by atoms with van der Waals surface area (Å²) < 4.78 is 18.7. The first kappa shape index (κ1) is 15.1. The van der Waals surface area contributed by atoms with Gasteiger partial charge in [-0.15, -0.1) is 0 Å². The Morgan fingerprint density at radius 1 is 1.00 bits per heavy atom. The molecule has 1 aromatic heterocycles. The van der Waals surface area contributed by atoms with Crippen LogP contribution >= 0.6 is 11.6 Å². The van der Waals surface area contributed by atoms with Gasteiger partial charge in [0.05, 0.1) is 11.6 Å². The van der Waals surface area contributed by atoms with Crippen molar-refractivity contribution in [3.8, 4) is 17.4 Å². The molecule has 0 spiro atoms. The minimum atomic E-state index is -0.296. The number of benzene rings is 2. The largest absolute Gasteiger partial charge is 0.457 e. The van der Waals surface area contributed by atoms with Gasteiger partial charge in [-0.05, 0) is 60.2 Å². The molecule has 0 aliphatic carbocycles. The Kier molecular flexibility index (Phi) is 4.27. The predicted molar refractivity (Wildman–Crippen MR) is 89.0 cm³/mol. The zero-order valence-corrected chi connectivity index (χ0v) is 12.7. The van der Waals surface area contributed by atoms with Gasteiger partial charge in [0.25, 0.3) is 0 Å². The van der Waals surface area contributed by atoms with Gasteiger partial charge in [0.15, 0.2) is 0 Å². The van der Waals surface area contributed by atoms with Crippen molar-refractivity contribution in [1.29, 1.82) is 5.26 Å². The topological polar surface area (TPSA) is 36.9 Å². The molecule has 0 saturated heterocycles. The molecule has 112 valence electrons. The molecule has 0 bridgehead atoms. The van der Waals surface area contributed by atoms with Crippen molar-refractivity contribution < 1.29 is 8.81 Å². The van der Waals surface area contributed by atoms with E-state index in [1.54, 1.807) is 54.6 Å². The average molecular weight is 324 g/mol. The van der Waals surface area contributed by atoms with E-state index in [4.69, 9.17) is 16.0 Å². The van der Waals surface area contributed by atoms with Crippen molar-refractivity contribution in [3.05, 3.63) is 82.8 Å². The van der Waals surface area contributed by atoms with Crippen LogP contribution in [0.15, 0.2) is 65.1 Å². The van der Waals surface area contributed by atoms with Crippen molar-refractivity contribution in [1.82, 2.24) is 0 Å². The molecule has 0 unspecified atom stereocenters. The van der Waals surface area contributed by atoms with E-state index >= 15 is 0 Å². The Morgan fingerprint density at radius 3 is 2.35 bits per heavy atom. The van der Waals surface area contributed by atoms with Crippen LogP contribution in [0.4, 0.5) is 4.39 Å². The number of halogens is 2. The molecule has 2 nitrogen and oxygen atoms in total. The monoisotopic (exact) mass is 323 g/mol. The SMILES string of the molecule is N#C/C(=C/c1ccc(-c2ccc(F)cc2)o1)c1ccc(Cl)cc1. The first-order valence-electron chi connectivity index (χ1n) is 6.89. The Labute approximate surface area is 138 Å². The van der Waals surface area contributed by atoms with E-state index in [2.05, 4.69) is 6.07 Å². The van der Waals surface area contributed by atoms with E-state index in [1.807, 2.05) is 0 Å². The second-order valence-corrected chi connectivity index (χ2v) is 5.32. The molecule has 3 aromatic rings. The van der Waals surface area contributed by atoms with Crippen LogP contribution in [0.3, 0.4) is 0 Å². The lowest BCUT2D eigenvalue weighted by Gasteiger charge is -1.99. The van der Waals surface area contributed by atoms with Gasteiger partial charge in [0, 0.05) is 10.6 Å². The molecular weight excluding hydrogens is 313 g/mol. The molecule has 1 heterocycles. The minimum Gasteiger partial charge on any atom is -0.457 e. The molecule has 0 saturated carbocycles. The van der Waals surface area contributed by atoms with Gasteiger partial charge in [-0.2, -0.15) is 5.26 Å². The lowest BCUT2D eigenvalue weighted by atomic mass is 10.1. The molecule has 0 aliphatic heterocycles. The Bertz CT molecular complexity index is 886. The summed E-state index contributed by atoms with van der Waals surface area (Å²) in [6, 6.07) is 18.8. The number of nitrogens with zero attached hydrogens (tertiary/aromatic N) is 1. The van der Waals surface area contributed by atoms with Gasteiger partial charge in [-0.3, -0.25) is 0 Å². The highest BCUT2D eigenvalue weighted by atomic mass is 35.5. The fraction of sp³-hybridized carbons (Fsp3) is 0. The summed E-state index contributed by atoms with van der Waals surface area (Å²) in [6.45, 7) is 0. The fourth-order valence-electron chi connectivity index (χ4n) is 2.15. The van der Waals surface area contributed by atoms with Gasteiger partial charge in [0.2, 0.25) is 0 Å². The summed E-state index contributed by atoms with van der Waals surface area (Å²) in [4.78, 5) is 0. The number of rotatable bonds is 3. The predicted octanol–water partition coefficient (Wildman–Crippen LogP) is 5.80. The Hall–Kier alpha value is -2.83. The van der Waals surface area contributed by atoms with Crippen LogP contribution in [-0.4, -0.2) is 0 Å². The van der Waals surface area contributed by atoms with Crippen LogP contribution in [0.25, 0.3) is 23.0 Å². The van der Waals surface area contributed by atoms with E-state index in [1.165, 1.54) is 12.1 Å². The second-order valence-electron chi connectivity index (χ2n) is 4.89. The highest BCUT2D eigenvalue weighted by Gasteiger charge is 2.06. The first-order valence-corrected chi connectivity index (χ1v) is 7.27. The first-order chi connectivity index (χ1) is 11.2. The summed E-state index contributed by atoms with van der Waals surface area (Å²) in [5.74, 6) is 0.871. The molecule has 23 heavy (non-hydrogen) atoms. The van der Waals surface area contributed by atoms with Crippen LogP contribution in [0.1, 0.15) is 11.3 Å². The molecule has 0 atom stereocenters. The summed E-state index contributed by atoms with van der Waals surface area (Å²) >= 11 is 5.85. The lowest BCUT2D eigenvalue weighted by Crippen LogP contribution is -1.80. The summed E-state index contributed by atoms with van der Waals surface area (Å²) in [6.07, 6.45) is 1.66. The van der Waals surface area contributed by atoms with E-state index in [0.717, 1.165) is 11.1 Å². The third-order valence-corrected chi connectivity index (χ3v) is 3.57. The lowest BCUT2D eigenvalue weighted by molar-refractivity contribution is 0.571. The van der Waals surface area contributed by atoms with Crippen molar-refractivity contribution >= 4 is 23.3 Å². The highest BCUT2D eigenvalue weighted by Crippen LogP contribution is 2.25. The van der Waals surface area contributed by atoms with Gasteiger partial charge in [-0.25, -0.2) is 4.39 Å². The van der Waals surface area contributed by atoms with Crippen molar-refractivity contribution in [3.63, 3.8) is 0 Å². The quantitative estimate of drug-likeness (QED) is 0.571. The van der Waals surface area contributed by atoms with Crippen molar-refractivity contribution in [2.24, 2.45) is 0 Å². The van der Waals surface area contributed by atoms with Crippen LogP contribution < -0.4 is 0 Å². The zero-order valence-electron chi connectivity index (χ0n) is 12.0. The molecule has 0 fully saturated rings. The summed E-state index contributed by atoms with van der Waals surface area (Å²) in [5.41, 5.74) is 2.01. The van der Waals surface area contributed by atoms with E-state index in [0.29, 0.717) is 22.1 Å². The third kappa shape index (κ3) is 3.50. The van der Waals surface area contributed by atoms with Crippen LogP contribution in [0.2, 0.25) is 5.02 Å². The van der Waals surface area contributed by atoms with Crippen LogP contribution in [-0.2, 0) is 0 Å². The maximum atomic E-state index is 13.0. The molecule has 0 amide bonds. The highest BCUT2D eigenvalue weighted by molar-refractivity contribution is 6.30. The van der Waals surface area contributed by atoms with E-state index in [9.17, 15) is 9.65 Å². The minimum absolute atomic E-state index is 0.296. The smallest absolute Gasteiger partial charge is 0.134 e.